The zero-order chi connectivity index (χ0) is 19.2. The number of hydrogen-bond acceptors (Lipinski definition) is 5. The van der Waals surface area contributed by atoms with E-state index in [1.807, 2.05) is 13.0 Å². The minimum atomic E-state index is -0.183. The number of benzene rings is 1. The first-order valence-corrected chi connectivity index (χ1v) is 10.3. The summed E-state index contributed by atoms with van der Waals surface area (Å²) in [5.41, 5.74) is 3.15. The smallest absolute Gasteiger partial charge is 0.161 e. The molecule has 27 heavy (non-hydrogen) atoms. The molecule has 2 fully saturated rings. The second kappa shape index (κ2) is 7.01. The highest BCUT2D eigenvalue weighted by Gasteiger charge is 2.54. The first-order valence-electron chi connectivity index (χ1n) is 10.3. The van der Waals surface area contributed by atoms with E-state index < -0.39 is 0 Å². The van der Waals surface area contributed by atoms with Gasteiger partial charge in [0.25, 0.3) is 0 Å². The Kier molecular flexibility index (Phi) is 4.83. The number of ether oxygens (including phenoxy) is 1. The van der Waals surface area contributed by atoms with E-state index in [-0.39, 0.29) is 17.3 Å². The van der Waals surface area contributed by atoms with Gasteiger partial charge in [-0.1, -0.05) is 12.1 Å². The van der Waals surface area contributed by atoms with E-state index in [0.717, 1.165) is 49.8 Å². The molecule has 4 rings (SSSR count). The van der Waals surface area contributed by atoms with Gasteiger partial charge < -0.3 is 19.8 Å². The summed E-state index contributed by atoms with van der Waals surface area (Å²) >= 11 is 0. The summed E-state index contributed by atoms with van der Waals surface area (Å²) in [5, 5.41) is 25.4. The predicted molar refractivity (Wildman–Crippen MR) is 104 cm³/mol. The number of rotatable bonds is 3. The van der Waals surface area contributed by atoms with Crippen LogP contribution in [0.2, 0.25) is 0 Å². The quantitative estimate of drug-likeness (QED) is 0.779. The average molecular weight is 373 g/mol. The van der Waals surface area contributed by atoms with Crippen molar-refractivity contribution in [2.24, 2.45) is 22.4 Å². The lowest BCUT2D eigenvalue weighted by Crippen LogP contribution is -2.42. The Labute approximate surface area is 161 Å². The Balaban J connectivity index is 1.81. The fourth-order valence-corrected chi connectivity index (χ4v) is 6.10. The van der Waals surface area contributed by atoms with Gasteiger partial charge in [0.15, 0.2) is 11.5 Å². The van der Waals surface area contributed by atoms with Crippen LogP contribution in [0, 0.1) is 17.3 Å². The van der Waals surface area contributed by atoms with E-state index in [1.54, 1.807) is 13.2 Å². The zero-order valence-corrected chi connectivity index (χ0v) is 16.6. The van der Waals surface area contributed by atoms with E-state index in [0.29, 0.717) is 30.1 Å². The summed E-state index contributed by atoms with van der Waals surface area (Å²) in [4.78, 5) is 5.12. The third-order valence-corrected chi connectivity index (χ3v) is 7.44. The molecule has 5 heteroatoms. The summed E-state index contributed by atoms with van der Waals surface area (Å²) in [7, 11) is 1.57. The average Bonchev–Trinajstić information content (AvgIpc) is 2.87. The first kappa shape index (κ1) is 18.6. The molecule has 2 N–H and O–H groups in total. The van der Waals surface area contributed by atoms with Crippen LogP contribution in [0.1, 0.15) is 69.4 Å². The Morgan fingerprint density at radius 2 is 2.04 bits per heavy atom. The maximum absolute atomic E-state index is 10.6. The lowest BCUT2D eigenvalue weighted by Gasteiger charge is -2.47. The van der Waals surface area contributed by atoms with Gasteiger partial charge in [-0.05, 0) is 86.3 Å². The number of oxime groups is 1. The van der Waals surface area contributed by atoms with Crippen molar-refractivity contribution in [2.75, 3.05) is 13.7 Å². The van der Waals surface area contributed by atoms with Crippen LogP contribution in [0.25, 0.3) is 0 Å². The molecule has 5 atom stereocenters. The molecule has 0 saturated heterocycles. The number of phenolic OH excluding ortho intramolecular Hbond substituents is 1. The van der Waals surface area contributed by atoms with Crippen molar-refractivity contribution in [3.8, 4) is 11.5 Å². The second-order valence-corrected chi connectivity index (χ2v) is 8.61. The van der Waals surface area contributed by atoms with Gasteiger partial charge in [-0.2, -0.15) is 0 Å². The summed E-state index contributed by atoms with van der Waals surface area (Å²) < 4.78 is 5.68. The normalized spacial score (nSPS) is 36.5. The molecule has 0 spiro atoms. The van der Waals surface area contributed by atoms with E-state index in [2.05, 4.69) is 12.1 Å². The van der Waals surface area contributed by atoms with Gasteiger partial charge in [-0.3, -0.25) is 0 Å². The van der Waals surface area contributed by atoms with Crippen LogP contribution in [0.5, 0.6) is 11.5 Å². The molecule has 3 aliphatic rings. The minimum absolute atomic E-state index is 0.0316. The largest absolute Gasteiger partial charge is 0.504 e. The minimum Gasteiger partial charge on any atom is -0.504 e. The van der Waals surface area contributed by atoms with Gasteiger partial charge in [0, 0.05) is 5.56 Å². The number of aromatic hydroxyl groups is 1. The number of hydrogen-bond donors (Lipinski definition) is 2. The number of nitrogens with zero attached hydrogens (tertiary/aromatic N) is 1. The highest BCUT2D eigenvalue weighted by molar-refractivity contribution is 6.02. The second-order valence-electron chi connectivity index (χ2n) is 8.61. The van der Waals surface area contributed by atoms with Gasteiger partial charge in [0.1, 0.15) is 7.11 Å². The molecule has 0 aliphatic heterocycles. The number of fused-ring (bicyclic) bond motifs is 5. The molecular weight excluding hydrogens is 342 g/mol. The van der Waals surface area contributed by atoms with E-state index >= 15 is 0 Å². The van der Waals surface area contributed by atoms with E-state index in [4.69, 9.17) is 9.57 Å². The highest BCUT2D eigenvalue weighted by atomic mass is 16.6. The molecule has 0 radical (unpaired) electrons. The molecule has 0 aromatic heterocycles. The Morgan fingerprint density at radius 1 is 1.22 bits per heavy atom. The first-order chi connectivity index (χ1) is 13.0. The third kappa shape index (κ3) is 2.91. The van der Waals surface area contributed by atoms with Gasteiger partial charge in [0.2, 0.25) is 0 Å². The molecule has 1 aromatic rings. The van der Waals surface area contributed by atoms with Crippen molar-refractivity contribution >= 4 is 5.71 Å². The fraction of sp³-hybridized carbons (Fsp3) is 0.682. The van der Waals surface area contributed by atoms with E-state index in [9.17, 15) is 10.2 Å². The van der Waals surface area contributed by atoms with Crippen molar-refractivity contribution in [3.63, 3.8) is 0 Å². The Morgan fingerprint density at radius 3 is 2.78 bits per heavy atom. The monoisotopic (exact) mass is 373 g/mol. The lowest BCUT2D eigenvalue weighted by molar-refractivity contribution is -0.0197. The molecule has 0 bridgehead atoms. The lowest BCUT2D eigenvalue weighted by atomic mass is 9.58. The molecule has 148 valence electrons. The number of phenols is 1. The molecule has 3 aliphatic carbocycles. The van der Waals surface area contributed by atoms with Crippen LogP contribution in [0.3, 0.4) is 0 Å². The molecule has 2 saturated carbocycles. The number of aliphatic hydroxyl groups is 1. The van der Waals surface area contributed by atoms with Crippen LogP contribution in [-0.4, -0.2) is 35.7 Å². The van der Waals surface area contributed by atoms with Crippen LogP contribution in [0.15, 0.2) is 17.3 Å². The molecule has 0 heterocycles. The molecular formula is C22H31NO4. The van der Waals surface area contributed by atoms with Crippen molar-refractivity contribution in [1.82, 2.24) is 0 Å². The molecule has 0 amide bonds. The maximum atomic E-state index is 10.6. The summed E-state index contributed by atoms with van der Waals surface area (Å²) in [6, 6.07) is 3.83. The van der Waals surface area contributed by atoms with Crippen LogP contribution < -0.4 is 4.74 Å². The zero-order valence-electron chi connectivity index (χ0n) is 16.6. The molecule has 1 aromatic carbocycles. The van der Waals surface area contributed by atoms with Crippen molar-refractivity contribution < 1.29 is 19.8 Å². The summed E-state index contributed by atoms with van der Waals surface area (Å²) in [6.45, 7) is 4.73. The van der Waals surface area contributed by atoms with Crippen molar-refractivity contribution in [2.45, 2.75) is 64.4 Å². The van der Waals surface area contributed by atoms with Gasteiger partial charge in [0.05, 0.1) is 18.4 Å². The molecule has 5 nitrogen and oxygen atoms in total. The summed E-state index contributed by atoms with van der Waals surface area (Å²) in [6.07, 6.45) is 5.80. The summed E-state index contributed by atoms with van der Waals surface area (Å²) in [5.74, 6) is 2.17. The predicted octanol–water partition coefficient (Wildman–Crippen LogP) is 4.21. The topological polar surface area (TPSA) is 71.3 Å². The third-order valence-electron chi connectivity index (χ3n) is 7.44. The fourth-order valence-electron chi connectivity index (χ4n) is 6.10. The van der Waals surface area contributed by atoms with Gasteiger partial charge in [-0.15, -0.1) is 0 Å². The SMILES string of the molecule is CCOc1cc2c(cc1O)/C(=N/OC)CCC1C2CC[C@@]2(C)C1CC[C@@H]2O. The Hall–Kier alpha value is -1.75. The number of aliphatic hydroxyl groups excluding tert-OH is 1. The van der Waals surface area contributed by atoms with Crippen molar-refractivity contribution in [3.05, 3.63) is 23.3 Å². The van der Waals surface area contributed by atoms with Crippen molar-refractivity contribution in [1.29, 1.82) is 0 Å². The highest BCUT2D eigenvalue weighted by Crippen LogP contribution is 2.60. The molecule has 3 unspecified atom stereocenters. The van der Waals surface area contributed by atoms with Gasteiger partial charge in [-0.25, -0.2) is 0 Å². The maximum Gasteiger partial charge on any atom is 0.161 e. The standard InChI is InChI=1S/C22H31NO4/c1-4-27-20-12-15-13-9-10-22(2)17(6-8-21(22)25)14(13)5-7-18(23-26-3)16(15)11-19(20)24/h11-14,17,21,24-25H,4-10H2,1-3H3/b23-18+/t13?,14?,17?,21-,22-/m0/s1. The Bertz CT molecular complexity index is 746. The van der Waals surface area contributed by atoms with Crippen LogP contribution >= 0.6 is 0 Å². The van der Waals surface area contributed by atoms with E-state index in [1.165, 1.54) is 5.56 Å². The van der Waals surface area contributed by atoms with Crippen LogP contribution in [-0.2, 0) is 4.84 Å². The van der Waals surface area contributed by atoms with Crippen LogP contribution in [0.4, 0.5) is 0 Å². The van der Waals surface area contributed by atoms with Gasteiger partial charge >= 0.3 is 0 Å².